The second-order valence-corrected chi connectivity index (χ2v) is 4.36. The van der Waals surface area contributed by atoms with E-state index in [4.69, 9.17) is 5.73 Å². The molecule has 1 aromatic rings. The number of amides is 1. The second-order valence-electron chi connectivity index (χ2n) is 3.34. The lowest BCUT2D eigenvalue weighted by Gasteiger charge is -2.07. The van der Waals surface area contributed by atoms with Gasteiger partial charge < -0.3 is 11.1 Å². The number of benzene rings is 1. The van der Waals surface area contributed by atoms with Gasteiger partial charge in [0.2, 0.25) is 5.91 Å². The summed E-state index contributed by atoms with van der Waals surface area (Å²) >= 11 is 1.23. The average Bonchev–Trinajstić information content (AvgIpc) is 2.27. The fourth-order valence-electron chi connectivity index (χ4n) is 1.23. The van der Waals surface area contributed by atoms with Crippen LogP contribution in [0.15, 0.2) is 23.1 Å². The van der Waals surface area contributed by atoms with E-state index in [0.717, 1.165) is 0 Å². The molecule has 0 saturated heterocycles. The van der Waals surface area contributed by atoms with Gasteiger partial charge in [0.1, 0.15) is 0 Å². The number of carbonyl (C=O) groups is 1. The molecule has 6 heteroatoms. The van der Waals surface area contributed by atoms with Gasteiger partial charge in [-0.2, -0.15) is 0 Å². The first-order chi connectivity index (χ1) is 8.04. The first-order valence-electron chi connectivity index (χ1n) is 5.11. The quantitative estimate of drug-likeness (QED) is 0.631. The molecule has 0 bridgehead atoms. The molecular weight excluding hydrogens is 246 g/mol. The maximum absolute atomic E-state index is 12.4. The van der Waals surface area contributed by atoms with E-state index in [1.807, 2.05) is 6.92 Å². The summed E-state index contributed by atoms with van der Waals surface area (Å²) in [5.41, 5.74) is 5.80. The van der Waals surface area contributed by atoms with Gasteiger partial charge in [0.15, 0.2) is 0 Å². The Morgan fingerprint density at radius 3 is 2.76 bits per heavy atom. The van der Waals surface area contributed by atoms with Crippen LogP contribution in [0.25, 0.3) is 0 Å². The van der Waals surface area contributed by atoms with Crippen LogP contribution in [0.5, 0.6) is 0 Å². The Bertz CT molecular complexity index is 399. The topological polar surface area (TPSA) is 55.1 Å². The van der Waals surface area contributed by atoms with Crippen LogP contribution in [0, 0.1) is 0 Å². The van der Waals surface area contributed by atoms with Crippen LogP contribution < -0.4 is 11.1 Å². The molecule has 1 rings (SSSR count). The minimum absolute atomic E-state index is 0.102. The highest BCUT2D eigenvalue weighted by Gasteiger charge is 2.10. The number of nitrogens with one attached hydrogen (secondary N) is 1. The molecule has 0 unspecified atom stereocenters. The molecule has 0 aliphatic heterocycles. The molecule has 1 amide bonds. The van der Waals surface area contributed by atoms with E-state index in [2.05, 4.69) is 5.32 Å². The number of anilines is 1. The third kappa shape index (κ3) is 4.22. The van der Waals surface area contributed by atoms with E-state index in [-0.39, 0.29) is 22.9 Å². The van der Waals surface area contributed by atoms with Gasteiger partial charge >= 0.3 is 0 Å². The predicted octanol–water partition coefficient (Wildman–Crippen LogP) is 2.43. The lowest BCUT2D eigenvalue weighted by atomic mass is 10.2. The monoisotopic (exact) mass is 260 g/mol. The molecule has 0 spiro atoms. The van der Waals surface area contributed by atoms with Crippen molar-refractivity contribution in [2.75, 3.05) is 18.0 Å². The predicted molar refractivity (Wildman–Crippen MR) is 65.2 cm³/mol. The molecular formula is C11H14F2N2OS. The molecule has 0 heterocycles. The fourth-order valence-corrected chi connectivity index (χ4v) is 2.00. The van der Waals surface area contributed by atoms with Gasteiger partial charge in [-0.05, 0) is 19.1 Å². The Morgan fingerprint density at radius 2 is 2.24 bits per heavy atom. The third-order valence-corrected chi connectivity index (χ3v) is 3.11. The molecule has 3 nitrogen and oxygen atoms in total. The van der Waals surface area contributed by atoms with Crippen LogP contribution in [0.1, 0.15) is 18.9 Å². The van der Waals surface area contributed by atoms with Gasteiger partial charge in [-0.25, -0.2) is 8.78 Å². The van der Waals surface area contributed by atoms with E-state index >= 15 is 0 Å². The lowest BCUT2D eigenvalue weighted by Crippen LogP contribution is -2.24. The maximum Gasteiger partial charge on any atom is 0.263 e. The third-order valence-electron chi connectivity index (χ3n) is 2.02. The molecule has 0 aromatic heterocycles. The van der Waals surface area contributed by atoms with Gasteiger partial charge in [0.25, 0.3) is 6.43 Å². The standard InChI is InChI=1S/C11H14F2N2OS/c1-2-15-10(16)6-17-9-4-3-7(11(12)13)5-8(9)14/h3-5,11H,2,6,14H2,1H3,(H,15,16). The van der Waals surface area contributed by atoms with E-state index in [1.54, 1.807) is 0 Å². The Labute approximate surface area is 103 Å². The summed E-state index contributed by atoms with van der Waals surface area (Å²) in [6.45, 7) is 2.40. The number of carbonyl (C=O) groups excluding carboxylic acids is 1. The van der Waals surface area contributed by atoms with Crippen LogP contribution in [0.4, 0.5) is 14.5 Å². The number of nitrogens with two attached hydrogens (primary N) is 1. The average molecular weight is 260 g/mol. The molecule has 1 aromatic carbocycles. The number of alkyl halides is 2. The lowest BCUT2D eigenvalue weighted by molar-refractivity contribution is -0.118. The maximum atomic E-state index is 12.4. The van der Waals surface area contributed by atoms with Gasteiger partial charge in [0, 0.05) is 22.7 Å². The molecule has 0 fully saturated rings. The van der Waals surface area contributed by atoms with Crippen LogP contribution >= 0.6 is 11.8 Å². The molecule has 17 heavy (non-hydrogen) atoms. The molecule has 0 saturated carbocycles. The summed E-state index contributed by atoms with van der Waals surface area (Å²) in [4.78, 5) is 11.8. The fraction of sp³-hybridized carbons (Fsp3) is 0.364. The summed E-state index contributed by atoms with van der Waals surface area (Å²) < 4.78 is 24.7. The number of hydrogen-bond donors (Lipinski definition) is 2. The SMILES string of the molecule is CCNC(=O)CSc1ccc(C(F)F)cc1N. The minimum atomic E-state index is -2.53. The largest absolute Gasteiger partial charge is 0.398 e. The van der Waals surface area contributed by atoms with Crippen molar-refractivity contribution in [3.63, 3.8) is 0 Å². The van der Waals surface area contributed by atoms with Crippen molar-refractivity contribution < 1.29 is 13.6 Å². The van der Waals surface area contributed by atoms with Crippen molar-refractivity contribution in [1.82, 2.24) is 5.32 Å². The first-order valence-corrected chi connectivity index (χ1v) is 6.10. The Kier molecular flexibility index (Phi) is 5.21. The van der Waals surface area contributed by atoms with Crippen LogP contribution in [-0.2, 0) is 4.79 Å². The van der Waals surface area contributed by atoms with Crippen molar-refractivity contribution in [2.45, 2.75) is 18.2 Å². The van der Waals surface area contributed by atoms with Crippen molar-refractivity contribution in [3.8, 4) is 0 Å². The number of halogens is 2. The van der Waals surface area contributed by atoms with E-state index in [0.29, 0.717) is 11.4 Å². The minimum Gasteiger partial charge on any atom is -0.398 e. The van der Waals surface area contributed by atoms with Crippen molar-refractivity contribution in [2.24, 2.45) is 0 Å². The highest BCUT2D eigenvalue weighted by molar-refractivity contribution is 8.00. The number of hydrogen-bond acceptors (Lipinski definition) is 3. The molecule has 94 valence electrons. The summed E-state index contributed by atoms with van der Waals surface area (Å²) in [7, 11) is 0. The summed E-state index contributed by atoms with van der Waals surface area (Å²) in [5, 5.41) is 2.64. The molecule has 3 N–H and O–H groups in total. The van der Waals surface area contributed by atoms with Crippen LogP contribution in [0.2, 0.25) is 0 Å². The van der Waals surface area contributed by atoms with Gasteiger partial charge in [-0.15, -0.1) is 11.8 Å². The smallest absolute Gasteiger partial charge is 0.263 e. The van der Waals surface area contributed by atoms with Crippen molar-refractivity contribution in [3.05, 3.63) is 23.8 Å². The Hall–Kier alpha value is -1.30. The number of nitrogen functional groups attached to an aromatic ring is 1. The van der Waals surface area contributed by atoms with Crippen LogP contribution in [0.3, 0.4) is 0 Å². The van der Waals surface area contributed by atoms with Crippen LogP contribution in [-0.4, -0.2) is 18.2 Å². The van der Waals surface area contributed by atoms with Crippen molar-refractivity contribution in [1.29, 1.82) is 0 Å². The first kappa shape index (κ1) is 13.8. The van der Waals surface area contributed by atoms with Gasteiger partial charge in [0.05, 0.1) is 5.75 Å². The Balaban J connectivity index is 2.63. The summed E-state index contributed by atoms with van der Waals surface area (Å²) in [5.74, 6) is 0.126. The van der Waals surface area contributed by atoms with Crippen molar-refractivity contribution >= 4 is 23.4 Å². The molecule has 0 radical (unpaired) electrons. The zero-order valence-corrected chi connectivity index (χ0v) is 10.2. The van der Waals surface area contributed by atoms with E-state index < -0.39 is 6.43 Å². The number of rotatable bonds is 5. The number of thioether (sulfide) groups is 1. The van der Waals surface area contributed by atoms with E-state index in [1.165, 1.54) is 30.0 Å². The normalized spacial score (nSPS) is 10.6. The molecule has 0 aliphatic rings. The summed E-state index contributed by atoms with van der Waals surface area (Å²) in [6.07, 6.45) is -2.53. The molecule has 0 atom stereocenters. The highest BCUT2D eigenvalue weighted by Crippen LogP contribution is 2.29. The van der Waals surface area contributed by atoms with E-state index in [9.17, 15) is 13.6 Å². The summed E-state index contributed by atoms with van der Waals surface area (Å²) in [6, 6.07) is 4.08. The molecule has 0 aliphatic carbocycles. The van der Waals surface area contributed by atoms with Gasteiger partial charge in [-0.3, -0.25) is 4.79 Å². The zero-order valence-electron chi connectivity index (χ0n) is 9.37. The Morgan fingerprint density at radius 1 is 1.53 bits per heavy atom. The second kappa shape index (κ2) is 6.44. The highest BCUT2D eigenvalue weighted by atomic mass is 32.2. The van der Waals surface area contributed by atoms with Gasteiger partial charge in [-0.1, -0.05) is 6.07 Å². The zero-order chi connectivity index (χ0) is 12.8.